The number of thioether (sulfide) groups is 1. The van der Waals surface area contributed by atoms with Crippen LogP contribution in [0, 0.1) is 0 Å². The first kappa shape index (κ1) is 17.7. The van der Waals surface area contributed by atoms with Crippen LogP contribution in [0.4, 0.5) is 13.2 Å². The van der Waals surface area contributed by atoms with Gasteiger partial charge in [0.2, 0.25) is 0 Å². The molecule has 1 heterocycles. The minimum Gasteiger partial charge on any atom is -0.484 e. The lowest BCUT2D eigenvalue weighted by atomic mass is 10.1. The molecule has 1 amide bonds. The Morgan fingerprint density at radius 3 is 2.64 bits per heavy atom. The SMILES string of the molecule is O=C(COc1ccccc1)N1CCS[C@@H]1c1cccc(C(F)(F)F)c1. The first-order valence-corrected chi connectivity index (χ1v) is 8.76. The Morgan fingerprint density at radius 2 is 1.92 bits per heavy atom. The maximum Gasteiger partial charge on any atom is 0.416 e. The molecule has 2 aromatic carbocycles. The predicted octanol–water partition coefficient (Wildman–Crippen LogP) is 4.36. The summed E-state index contributed by atoms with van der Waals surface area (Å²) >= 11 is 1.46. The number of benzene rings is 2. The molecule has 2 aromatic rings. The number of carbonyl (C=O) groups is 1. The van der Waals surface area contributed by atoms with Crippen molar-refractivity contribution < 1.29 is 22.7 Å². The van der Waals surface area contributed by atoms with Gasteiger partial charge in [0.15, 0.2) is 6.61 Å². The third-order valence-corrected chi connectivity index (χ3v) is 5.08. The monoisotopic (exact) mass is 367 g/mol. The van der Waals surface area contributed by atoms with Gasteiger partial charge in [-0.25, -0.2) is 0 Å². The van der Waals surface area contributed by atoms with Crippen molar-refractivity contribution in [3.63, 3.8) is 0 Å². The zero-order chi connectivity index (χ0) is 17.9. The molecule has 25 heavy (non-hydrogen) atoms. The molecule has 1 atom stereocenters. The van der Waals surface area contributed by atoms with Crippen LogP contribution in [-0.2, 0) is 11.0 Å². The number of hydrogen-bond donors (Lipinski definition) is 0. The van der Waals surface area contributed by atoms with Gasteiger partial charge in [-0.2, -0.15) is 13.2 Å². The fraction of sp³-hybridized carbons (Fsp3) is 0.278. The Labute approximate surface area is 147 Å². The first-order valence-electron chi connectivity index (χ1n) is 7.71. The molecule has 0 N–H and O–H groups in total. The zero-order valence-corrected chi connectivity index (χ0v) is 14.0. The summed E-state index contributed by atoms with van der Waals surface area (Å²) in [6.45, 7) is 0.350. The van der Waals surface area contributed by atoms with E-state index in [0.29, 0.717) is 23.6 Å². The van der Waals surface area contributed by atoms with Gasteiger partial charge in [-0.1, -0.05) is 30.3 Å². The van der Waals surface area contributed by atoms with Gasteiger partial charge in [0, 0.05) is 12.3 Å². The van der Waals surface area contributed by atoms with E-state index in [1.165, 1.54) is 17.8 Å². The summed E-state index contributed by atoms with van der Waals surface area (Å²) in [5.74, 6) is 1.02. The molecule has 7 heteroatoms. The van der Waals surface area contributed by atoms with Crippen LogP contribution in [0.15, 0.2) is 54.6 Å². The average molecular weight is 367 g/mol. The smallest absolute Gasteiger partial charge is 0.416 e. The third-order valence-electron chi connectivity index (χ3n) is 3.82. The molecule has 0 aromatic heterocycles. The number of ether oxygens (including phenoxy) is 1. The Bertz CT molecular complexity index is 737. The second-order valence-corrected chi connectivity index (χ2v) is 6.72. The van der Waals surface area contributed by atoms with Gasteiger partial charge in [0.1, 0.15) is 11.1 Å². The zero-order valence-electron chi connectivity index (χ0n) is 13.2. The summed E-state index contributed by atoms with van der Waals surface area (Å²) in [7, 11) is 0. The molecule has 0 aliphatic carbocycles. The lowest BCUT2D eigenvalue weighted by molar-refractivity contribution is -0.137. The maximum atomic E-state index is 12.9. The lowest BCUT2D eigenvalue weighted by Crippen LogP contribution is -2.34. The second-order valence-electron chi connectivity index (χ2n) is 5.54. The van der Waals surface area contributed by atoms with Crippen molar-refractivity contribution >= 4 is 17.7 Å². The molecule has 0 unspecified atom stereocenters. The highest BCUT2D eigenvalue weighted by atomic mass is 32.2. The van der Waals surface area contributed by atoms with E-state index in [4.69, 9.17) is 4.74 Å². The minimum absolute atomic E-state index is 0.139. The van der Waals surface area contributed by atoms with Gasteiger partial charge in [0.05, 0.1) is 5.56 Å². The molecule has 132 valence electrons. The number of carbonyl (C=O) groups excluding carboxylic acids is 1. The fourth-order valence-electron chi connectivity index (χ4n) is 2.61. The molecule has 1 fully saturated rings. The summed E-state index contributed by atoms with van der Waals surface area (Å²) in [6.07, 6.45) is -4.40. The Hall–Kier alpha value is -2.15. The molecule has 1 aliphatic rings. The van der Waals surface area contributed by atoms with E-state index in [2.05, 4.69) is 0 Å². The standard InChI is InChI=1S/C18H16F3NO2S/c19-18(20,21)14-6-4-5-13(11-14)17-22(9-10-25-17)16(23)12-24-15-7-2-1-3-8-15/h1-8,11,17H,9-10,12H2/t17-/m1/s1. The molecule has 1 saturated heterocycles. The molecular weight excluding hydrogens is 351 g/mol. The lowest BCUT2D eigenvalue weighted by Gasteiger charge is -2.24. The highest BCUT2D eigenvalue weighted by Gasteiger charge is 2.34. The van der Waals surface area contributed by atoms with Crippen LogP contribution in [0.2, 0.25) is 0 Å². The first-order chi connectivity index (χ1) is 11.9. The van der Waals surface area contributed by atoms with E-state index >= 15 is 0 Å². The summed E-state index contributed by atoms with van der Waals surface area (Å²) in [5.41, 5.74) is -0.226. The number of rotatable bonds is 4. The van der Waals surface area contributed by atoms with Crippen LogP contribution in [0.1, 0.15) is 16.5 Å². The van der Waals surface area contributed by atoms with E-state index in [1.54, 1.807) is 35.2 Å². The van der Waals surface area contributed by atoms with Gasteiger partial charge in [0.25, 0.3) is 5.91 Å². The van der Waals surface area contributed by atoms with E-state index in [9.17, 15) is 18.0 Å². The molecule has 1 aliphatic heterocycles. The Morgan fingerprint density at radius 1 is 1.16 bits per heavy atom. The van der Waals surface area contributed by atoms with Crippen LogP contribution in [0.3, 0.4) is 0 Å². The molecule has 3 nitrogen and oxygen atoms in total. The number of alkyl halides is 3. The van der Waals surface area contributed by atoms with Crippen LogP contribution in [-0.4, -0.2) is 29.7 Å². The number of amides is 1. The number of halogens is 3. The Balaban J connectivity index is 1.71. The number of nitrogens with zero attached hydrogens (tertiary/aromatic N) is 1. The van der Waals surface area contributed by atoms with Crippen molar-refractivity contribution in [1.29, 1.82) is 0 Å². The second kappa shape index (κ2) is 7.39. The fourth-order valence-corrected chi connectivity index (χ4v) is 3.88. The highest BCUT2D eigenvalue weighted by molar-refractivity contribution is 7.99. The normalized spacial score (nSPS) is 17.6. The molecular formula is C18H16F3NO2S. The van der Waals surface area contributed by atoms with Crippen molar-refractivity contribution in [3.05, 3.63) is 65.7 Å². The Kier molecular flexibility index (Phi) is 5.22. The van der Waals surface area contributed by atoms with E-state index in [1.807, 2.05) is 6.07 Å². The van der Waals surface area contributed by atoms with Crippen LogP contribution in [0.5, 0.6) is 5.75 Å². The van der Waals surface area contributed by atoms with Crippen molar-refractivity contribution in [3.8, 4) is 5.75 Å². The average Bonchev–Trinajstić information content (AvgIpc) is 3.10. The largest absolute Gasteiger partial charge is 0.484 e. The maximum absolute atomic E-state index is 12.9. The molecule has 0 bridgehead atoms. The van der Waals surface area contributed by atoms with Gasteiger partial charge in [-0.3, -0.25) is 4.79 Å². The van der Waals surface area contributed by atoms with Crippen LogP contribution >= 0.6 is 11.8 Å². The highest BCUT2D eigenvalue weighted by Crippen LogP contribution is 2.40. The molecule has 3 rings (SSSR count). The number of para-hydroxylation sites is 1. The van der Waals surface area contributed by atoms with Gasteiger partial charge < -0.3 is 9.64 Å². The summed E-state index contributed by atoms with van der Waals surface area (Å²) < 4.78 is 44.2. The third kappa shape index (κ3) is 4.28. The number of hydrogen-bond acceptors (Lipinski definition) is 3. The van der Waals surface area contributed by atoms with Crippen molar-refractivity contribution in [2.24, 2.45) is 0 Å². The van der Waals surface area contributed by atoms with Crippen molar-refractivity contribution in [2.75, 3.05) is 18.9 Å². The van der Waals surface area contributed by atoms with Crippen molar-refractivity contribution in [2.45, 2.75) is 11.6 Å². The summed E-state index contributed by atoms with van der Waals surface area (Å²) in [4.78, 5) is 14.0. The molecule has 0 spiro atoms. The summed E-state index contributed by atoms with van der Waals surface area (Å²) in [6, 6.07) is 14.1. The predicted molar refractivity (Wildman–Crippen MR) is 90.3 cm³/mol. The molecule has 0 radical (unpaired) electrons. The quantitative estimate of drug-likeness (QED) is 0.804. The van der Waals surface area contributed by atoms with Crippen molar-refractivity contribution in [1.82, 2.24) is 4.90 Å². The molecule has 0 saturated carbocycles. The van der Waals surface area contributed by atoms with Gasteiger partial charge in [-0.15, -0.1) is 11.8 Å². The van der Waals surface area contributed by atoms with Crippen LogP contribution < -0.4 is 4.74 Å². The van der Waals surface area contributed by atoms with Gasteiger partial charge >= 0.3 is 6.18 Å². The minimum atomic E-state index is -4.40. The summed E-state index contributed by atoms with van der Waals surface area (Å²) in [5, 5.41) is -0.422. The topological polar surface area (TPSA) is 29.5 Å². The van der Waals surface area contributed by atoms with E-state index < -0.39 is 17.1 Å². The van der Waals surface area contributed by atoms with E-state index in [-0.39, 0.29) is 12.5 Å². The van der Waals surface area contributed by atoms with E-state index in [0.717, 1.165) is 12.1 Å². The van der Waals surface area contributed by atoms with Crippen LogP contribution in [0.25, 0.3) is 0 Å². The van der Waals surface area contributed by atoms with Gasteiger partial charge in [-0.05, 0) is 29.8 Å².